The Morgan fingerprint density at radius 1 is 1.04 bits per heavy atom. The molecule has 2 amide bonds. The van der Waals surface area contributed by atoms with Gasteiger partial charge in [0.05, 0.1) is 12.3 Å². The van der Waals surface area contributed by atoms with E-state index < -0.39 is 0 Å². The Morgan fingerprint density at radius 3 is 2.31 bits per heavy atom. The van der Waals surface area contributed by atoms with Crippen LogP contribution in [0.4, 0.5) is 0 Å². The van der Waals surface area contributed by atoms with E-state index in [0.717, 1.165) is 24.9 Å². The molecule has 5 heteroatoms. The first-order valence-electron chi connectivity index (χ1n) is 9.95. The highest BCUT2D eigenvalue weighted by Crippen LogP contribution is 2.34. The van der Waals surface area contributed by atoms with E-state index in [1.807, 2.05) is 34.1 Å². The molecule has 0 aromatic heterocycles. The predicted molar refractivity (Wildman–Crippen MR) is 101 cm³/mol. The fourth-order valence-electron chi connectivity index (χ4n) is 4.68. The van der Waals surface area contributed by atoms with Crippen molar-refractivity contribution in [2.45, 2.75) is 38.6 Å². The number of piperidine rings is 2. The van der Waals surface area contributed by atoms with Crippen LogP contribution in [0.3, 0.4) is 0 Å². The molecule has 1 aromatic rings. The minimum Gasteiger partial charge on any atom is -0.339 e. The summed E-state index contributed by atoms with van der Waals surface area (Å²) in [6.45, 7) is 5.79. The summed E-state index contributed by atoms with van der Waals surface area (Å²) in [6.07, 6.45) is 3.90. The lowest BCUT2D eigenvalue weighted by Gasteiger charge is -2.45. The molecule has 3 unspecified atom stereocenters. The Hall–Kier alpha value is -1.88. The summed E-state index contributed by atoms with van der Waals surface area (Å²) in [5.74, 6) is 1.29. The lowest BCUT2D eigenvalue weighted by molar-refractivity contribution is -0.144. The number of fused-ring (bicyclic) bond motifs is 3. The first-order valence-corrected chi connectivity index (χ1v) is 9.95. The zero-order valence-corrected chi connectivity index (χ0v) is 15.6. The fourth-order valence-corrected chi connectivity index (χ4v) is 4.68. The van der Waals surface area contributed by atoms with Crippen LogP contribution in [0, 0.1) is 18.8 Å². The Balaban J connectivity index is 1.29. The van der Waals surface area contributed by atoms with Crippen LogP contribution in [-0.2, 0) is 16.0 Å². The van der Waals surface area contributed by atoms with Crippen molar-refractivity contribution in [1.82, 2.24) is 15.1 Å². The van der Waals surface area contributed by atoms with Gasteiger partial charge in [0.2, 0.25) is 11.8 Å². The summed E-state index contributed by atoms with van der Waals surface area (Å²) in [7, 11) is 0. The molecule has 5 nitrogen and oxygen atoms in total. The SMILES string of the molecule is Cc1ccc(CC(=O)N2CCN(C(=O)C3CC4CCC3NC4)CC2)cc1. The van der Waals surface area contributed by atoms with Crippen LogP contribution in [0.15, 0.2) is 24.3 Å². The lowest BCUT2D eigenvalue weighted by atomic mass is 9.73. The molecule has 26 heavy (non-hydrogen) atoms. The third kappa shape index (κ3) is 3.63. The first kappa shape index (κ1) is 17.5. The molecule has 3 saturated heterocycles. The third-order valence-corrected chi connectivity index (χ3v) is 6.36. The molecular weight excluding hydrogens is 326 g/mol. The normalized spacial score (nSPS) is 28.3. The van der Waals surface area contributed by atoms with E-state index in [0.29, 0.717) is 50.5 Å². The number of piperazine rings is 1. The maximum Gasteiger partial charge on any atom is 0.227 e. The van der Waals surface area contributed by atoms with Crippen molar-refractivity contribution >= 4 is 11.8 Å². The van der Waals surface area contributed by atoms with Crippen molar-refractivity contribution in [2.75, 3.05) is 32.7 Å². The van der Waals surface area contributed by atoms with Gasteiger partial charge in [-0.05, 0) is 44.2 Å². The van der Waals surface area contributed by atoms with Gasteiger partial charge < -0.3 is 15.1 Å². The van der Waals surface area contributed by atoms with E-state index in [1.165, 1.54) is 12.0 Å². The zero-order chi connectivity index (χ0) is 18.1. The molecular formula is C21H29N3O2. The molecule has 2 bridgehead atoms. The molecule has 3 atom stereocenters. The highest BCUT2D eigenvalue weighted by Gasteiger charge is 2.41. The van der Waals surface area contributed by atoms with Crippen LogP contribution >= 0.6 is 0 Å². The standard InChI is InChI=1S/C21H29N3O2/c1-15-2-4-16(5-3-15)13-20(25)23-8-10-24(11-9-23)21(26)18-12-17-6-7-19(18)22-14-17/h2-5,17-19,22H,6-14H2,1H3. The van der Waals surface area contributed by atoms with Crippen LogP contribution in [0.25, 0.3) is 0 Å². The van der Waals surface area contributed by atoms with E-state index >= 15 is 0 Å². The molecule has 3 heterocycles. The van der Waals surface area contributed by atoms with Crippen LogP contribution in [0.2, 0.25) is 0 Å². The number of nitrogens with one attached hydrogen (secondary N) is 1. The third-order valence-electron chi connectivity index (χ3n) is 6.36. The number of hydrogen-bond acceptors (Lipinski definition) is 3. The van der Waals surface area contributed by atoms with Crippen molar-refractivity contribution in [3.8, 4) is 0 Å². The summed E-state index contributed by atoms with van der Waals surface area (Å²) in [5.41, 5.74) is 2.27. The number of carbonyl (C=O) groups is 2. The topological polar surface area (TPSA) is 52.7 Å². The zero-order valence-electron chi connectivity index (χ0n) is 15.6. The molecule has 5 rings (SSSR count). The van der Waals surface area contributed by atoms with E-state index in [4.69, 9.17) is 0 Å². The van der Waals surface area contributed by atoms with Crippen molar-refractivity contribution in [2.24, 2.45) is 11.8 Å². The molecule has 1 N–H and O–H groups in total. The molecule has 140 valence electrons. The quantitative estimate of drug-likeness (QED) is 0.896. The van der Waals surface area contributed by atoms with Gasteiger partial charge in [0.1, 0.15) is 0 Å². The Bertz CT molecular complexity index is 656. The number of benzene rings is 1. The molecule has 4 fully saturated rings. The molecule has 1 aliphatic carbocycles. The monoisotopic (exact) mass is 355 g/mol. The van der Waals surface area contributed by atoms with E-state index in [-0.39, 0.29) is 11.8 Å². The Morgan fingerprint density at radius 2 is 1.73 bits per heavy atom. The van der Waals surface area contributed by atoms with Gasteiger partial charge in [-0.15, -0.1) is 0 Å². The molecule has 1 saturated carbocycles. The number of nitrogens with zero attached hydrogens (tertiary/aromatic N) is 2. The average Bonchev–Trinajstić information content (AvgIpc) is 2.70. The van der Waals surface area contributed by atoms with Gasteiger partial charge in [-0.2, -0.15) is 0 Å². The van der Waals surface area contributed by atoms with Crippen molar-refractivity contribution in [1.29, 1.82) is 0 Å². The first-order chi connectivity index (χ1) is 12.6. The van der Waals surface area contributed by atoms with Crippen molar-refractivity contribution < 1.29 is 9.59 Å². The highest BCUT2D eigenvalue weighted by atomic mass is 16.2. The van der Waals surface area contributed by atoms with Crippen LogP contribution in [0.5, 0.6) is 0 Å². The molecule has 4 aliphatic rings. The largest absolute Gasteiger partial charge is 0.339 e. The lowest BCUT2D eigenvalue weighted by Crippen LogP contribution is -2.58. The minimum absolute atomic E-state index is 0.150. The summed E-state index contributed by atoms with van der Waals surface area (Å²) in [6, 6.07) is 8.51. The van der Waals surface area contributed by atoms with Gasteiger partial charge in [-0.1, -0.05) is 29.8 Å². The van der Waals surface area contributed by atoms with Crippen LogP contribution in [0.1, 0.15) is 30.4 Å². The number of hydrogen-bond donors (Lipinski definition) is 1. The molecule has 0 spiro atoms. The van der Waals surface area contributed by atoms with Crippen molar-refractivity contribution in [3.05, 3.63) is 35.4 Å². The molecule has 0 radical (unpaired) electrons. The van der Waals surface area contributed by atoms with Crippen molar-refractivity contribution in [3.63, 3.8) is 0 Å². The second kappa shape index (κ2) is 7.39. The number of carbonyl (C=O) groups excluding carboxylic acids is 2. The van der Waals surface area contributed by atoms with Crippen LogP contribution < -0.4 is 5.32 Å². The smallest absolute Gasteiger partial charge is 0.227 e. The second-order valence-electron chi connectivity index (χ2n) is 8.17. The van der Waals surface area contributed by atoms with Gasteiger partial charge in [-0.3, -0.25) is 9.59 Å². The second-order valence-corrected chi connectivity index (χ2v) is 8.17. The van der Waals surface area contributed by atoms with Gasteiger partial charge >= 0.3 is 0 Å². The summed E-state index contributed by atoms with van der Waals surface area (Å²) in [5, 5.41) is 3.53. The average molecular weight is 355 g/mol. The van der Waals surface area contributed by atoms with E-state index in [9.17, 15) is 9.59 Å². The van der Waals surface area contributed by atoms with E-state index in [1.54, 1.807) is 0 Å². The summed E-state index contributed by atoms with van der Waals surface area (Å²) < 4.78 is 0. The Labute approximate surface area is 155 Å². The van der Waals surface area contributed by atoms with Gasteiger partial charge in [-0.25, -0.2) is 0 Å². The maximum atomic E-state index is 12.9. The fraction of sp³-hybridized carbons (Fsp3) is 0.619. The number of aryl methyl sites for hydroxylation is 1. The van der Waals surface area contributed by atoms with Gasteiger partial charge in [0.15, 0.2) is 0 Å². The molecule has 3 aliphatic heterocycles. The predicted octanol–water partition coefficient (Wildman–Crippen LogP) is 1.60. The summed E-state index contributed by atoms with van der Waals surface area (Å²) in [4.78, 5) is 29.4. The molecule has 1 aromatic carbocycles. The minimum atomic E-state index is 0.150. The highest BCUT2D eigenvalue weighted by molar-refractivity contribution is 5.81. The number of amides is 2. The van der Waals surface area contributed by atoms with Gasteiger partial charge in [0, 0.05) is 32.2 Å². The maximum absolute atomic E-state index is 12.9. The van der Waals surface area contributed by atoms with Crippen LogP contribution in [-0.4, -0.2) is 60.4 Å². The van der Waals surface area contributed by atoms with Gasteiger partial charge in [0.25, 0.3) is 0 Å². The van der Waals surface area contributed by atoms with E-state index in [2.05, 4.69) is 12.2 Å². The summed E-state index contributed by atoms with van der Waals surface area (Å²) >= 11 is 0. The Kier molecular flexibility index (Phi) is 4.98. The number of rotatable bonds is 3.